The predicted octanol–water partition coefficient (Wildman–Crippen LogP) is 5.09. The highest BCUT2D eigenvalue weighted by Gasteiger charge is 2.21. The summed E-state index contributed by atoms with van der Waals surface area (Å²) in [4.78, 5) is 12.4. The fraction of sp³-hybridized carbons (Fsp3) is 0.217. The normalized spacial score (nSPS) is 11.6. The van der Waals surface area contributed by atoms with Gasteiger partial charge in [0.05, 0.1) is 22.0 Å². The molecule has 1 N–H and O–H groups in total. The number of rotatable bonds is 6. The lowest BCUT2D eigenvalue weighted by molar-refractivity contribution is -0.392. The van der Waals surface area contributed by atoms with E-state index in [1.807, 2.05) is 6.07 Å². The lowest BCUT2D eigenvalue weighted by Crippen LogP contribution is -2.10. The van der Waals surface area contributed by atoms with Crippen LogP contribution in [-0.4, -0.2) is 34.6 Å². The SMILES string of the molecule is C[C@@H](O)c1cc(F)ccc1-n1nc(C(F)F)cc1Cc1cc(C#N)nn1C.O=[N+]([O-])c1ncc(Br)cc1F. The van der Waals surface area contributed by atoms with E-state index >= 15 is 0 Å². The molecule has 0 amide bonds. The van der Waals surface area contributed by atoms with Crippen molar-refractivity contribution >= 4 is 21.7 Å². The molecule has 1 aromatic carbocycles. The number of pyridine rings is 1. The molecule has 15 heteroatoms. The van der Waals surface area contributed by atoms with Gasteiger partial charge in [0.1, 0.15) is 17.6 Å². The number of nitrogens with zero attached hydrogens (tertiary/aromatic N) is 7. The predicted molar refractivity (Wildman–Crippen MR) is 128 cm³/mol. The number of hydrogen-bond acceptors (Lipinski definition) is 7. The van der Waals surface area contributed by atoms with Crippen molar-refractivity contribution in [1.82, 2.24) is 24.5 Å². The molecule has 0 bridgehead atoms. The van der Waals surface area contributed by atoms with E-state index in [1.54, 1.807) is 13.1 Å². The summed E-state index contributed by atoms with van der Waals surface area (Å²) in [5.41, 5.74) is 1.31. The van der Waals surface area contributed by atoms with Gasteiger partial charge in [0.2, 0.25) is 5.82 Å². The molecule has 0 spiro atoms. The Balaban J connectivity index is 0.000000304. The number of nitro groups is 1. The fourth-order valence-electron chi connectivity index (χ4n) is 3.39. The van der Waals surface area contributed by atoms with Gasteiger partial charge in [0, 0.05) is 30.8 Å². The van der Waals surface area contributed by atoms with Gasteiger partial charge < -0.3 is 15.2 Å². The number of benzene rings is 1. The van der Waals surface area contributed by atoms with E-state index in [9.17, 15) is 32.8 Å². The number of alkyl halides is 2. The molecule has 0 saturated heterocycles. The lowest BCUT2D eigenvalue weighted by atomic mass is 10.1. The minimum absolute atomic E-state index is 0.168. The standard InChI is InChI=1S/C18H16F3N5O.C5H2BrFN2O2/c1-10(27)15-5-11(19)3-4-17(15)26-14(8-16(24-26)18(20)21)7-13-6-12(9-22)23-25(13)2;6-3-1-4(7)5(8-2-3)9(10)11/h3-6,8,10,18,27H,7H2,1-2H3;1-2H/t10-;/m1./s1. The van der Waals surface area contributed by atoms with E-state index < -0.39 is 40.6 Å². The highest BCUT2D eigenvalue weighted by Crippen LogP contribution is 2.28. The first-order valence-electron chi connectivity index (χ1n) is 10.6. The van der Waals surface area contributed by atoms with Crippen LogP contribution in [0.3, 0.4) is 0 Å². The van der Waals surface area contributed by atoms with Crippen LogP contribution in [-0.2, 0) is 13.5 Å². The van der Waals surface area contributed by atoms with Gasteiger partial charge in [-0.15, -0.1) is 0 Å². The average molecular weight is 596 g/mol. The minimum atomic E-state index is -2.79. The molecule has 1 atom stereocenters. The van der Waals surface area contributed by atoms with Crippen LogP contribution < -0.4 is 0 Å². The van der Waals surface area contributed by atoms with E-state index in [-0.39, 0.29) is 17.7 Å². The molecule has 198 valence electrons. The molecule has 3 aromatic heterocycles. The Kier molecular flexibility index (Phi) is 8.92. The number of nitriles is 1. The third kappa shape index (κ3) is 6.58. The summed E-state index contributed by atoms with van der Waals surface area (Å²) in [7, 11) is 1.64. The van der Waals surface area contributed by atoms with Gasteiger partial charge >= 0.3 is 5.82 Å². The van der Waals surface area contributed by atoms with Crippen molar-refractivity contribution in [3.63, 3.8) is 0 Å². The second-order valence-corrected chi connectivity index (χ2v) is 8.72. The molecule has 3 heterocycles. The van der Waals surface area contributed by atoms with Crippen LogP contribution in [0.1, 0.15) is 47.8 Å². The van der Waals surface area contributed by atoms with Crippen LogP contribution >= 0.6 is 15.9 Å². The summed E-state index contributed by atoms with van der Waals surface area (Å²) in [5.74, 6) is -2.25. The van der Waals surface area contributed by atoms with E-state index in [4.69, 9.17) is 5.26 Å². The van der Waals surface area contributed by atoms with E-state index in [1.165, 1.54) is 40.7 Å². The highest BCUT2D eigenvalue weighted by molar-refractivity contribution is 9.10. The second kappa shape index (κ2) is 11.9. The first-order valence-corrected chi connectivity index (χ1v) is 11.4. The second-order valence-electron chi connectivity index (χ2n) is 7.80. The molecule has 4 aromatic rings. The van der Waals surface area contributed by atoms with Crippen molar-refractivity contribution in [3.8, 4) is 11.8 Å². The number of aliphatic hydroxyl groups is 1. The zero-order chi connectivity index (χ0) is 28.1. The number of halogens is 5. The summed E-state index contributed by atoms with van der Waals surface area (Å²) in [5, 5.41) is 36.9. The molecule has 4 rings (SSSR count). The summed E-state index contributed by atoms with van der Waals surface area (Å²) in [6.45, 7) is 1.45. The van der Waals surface area contributed by atoms with E-state index in [0.717, 1.165) is 12.1 Å². The van der Waals surface area contributed by atoms with Crippen molar-refractivity contribution < 1.29 is 27.6 Å². The van der Waals surface area contributed by atoms with Crippen molar-refractivity contribution in [3.05, 3.63) is 97.2 Å². The number of aryl methyl sites for hydroxylation is 1. The van der Waals surface area contributed by atoms with Crippen molar-refractivity contribution in [2.45, 2.75) is 25.9 Å². The van der Waals surface area contributed by atoms with Gasteiger partial charge in [-0.05, 0) is 63.1 Å². The maximum absolute atomic E-state index is 13.6. The minimum Gasteiger partial charge on any atom is -0.389 e. The highest BCUT2D eigenvalue weighted by atomic mass is 79.9. The smallest absolute Gasteiger partial charge is 0.389 e. The van der Waals surface area contributed by atoms with E-state index in [0.29, 0.717) is 21.5 Å². The summed E-state index contributed by atoms with van der Waals surface area (Å²) < 4.78 is 55.7. The quantitative estimate of drug-likeness (QED) is 0.186. The van der Waals surface area contributed by atoms with Gasteiger partial charge in [-0.1, -0.05) is 0 Å². The van der Waals surface area contributed by atoms with Crippen LogP contribution in [0.25, 0.3) is 5.69 Å². The van der Waals surface area contributed by atoms with Crippen LogP contribution in [0.15, 0.2) is 47.1 Å². The first-order chi connectivity index (χ1) is 17.9. The maximum Gasteiger partial charge on any atom is 0.399 e. The topological polar surface area (TPSA) is 136 Å². The molecule has 0 aliphatic rings. The average Bonchev–Trinajstić information content (AvgIpc) is 3.42. The van der Waals surface area contributed by atoms with Crippen molar-refractivity contribution in [1.29, 1.82) is 5.26 Å². The molecule has 38 heavy (non-hydrogen) atoms. The zero-order valence-electron chi connectivity index (χ0n) is 19.7. The van der Waals surface area contributed by atoms with E-state index in [2.05, 4.69) is 31.1 Å². The van der Waals surface area contributed by atoms with Gasteiger partial charge in [0.25, 0.3) is 6.43 Å². The Morgan fingerprint density at radius 3 is 2.45 bits per heavy atom. The van der Waals surface area contributed by atoms with Crippen LogP contribution in [0.4, 0.5) is 23.4 Å². The molecule has 0 saturated carbocycles. The van der Waals surface area contributed by atoms with Crippen LogP contribution in [0, 0.1) is 33.1 Å². The Morgan fingerprint density at radius 1 is 1.18 bits per heavy atom. The Labute approximate surface area is 221 Å². The third-order valence-corrected chi connectivity index (χ3v) is 5.54. The molecule has 0 aliphatic carbocycles. The Hall–Kier alpha value is -4.16. The number of hydrogen-bond donors (Lipinski definition) is 1. The molecule has 0 fully saturated rings. The van der Waals surface area contributed by atoms with Crippen LogP contribution in [0.5, 0.6) is 0 Å². The summed E-state index contributed by atoms with van der Waals surface area (Å²) >= 11 is 2.92. The molecule has 0 radical (unpaired) electrons. The summed E-state index contributed by atoms with van der Waals surface area (Å²) in [6, 6.07) is 9.42. The first kappa shape index (κ1) is 28.4. The van der Waals surface area contributed by atoms with Crippen LogP contribution in [0.2, 0.25) is 0 Å². The van der Waals surface area contributed by atoms with Gasteiger partial charge in [-0.2, -0.15) is 19.8 Å². The third-order valence-electron chi connectivity index (χ3n) is 5.11. The van der Waals surface area contributed by atoms with Gasteiger partial charge in [-0.25, -0.2) is 17.9 Å². The molecule has 0 unspecified atom stereocenters. The van der Waals surface area contributed by atoms with Crippen molar-refractivity contribution in [2.24, 2.45) is 7.05 Å². The monoisotopic (exact) mass is 595 g/mol. The summed E-state index contributed by atoms with van der Waals surface area (Å²) in [6.07, 6.45) is -2.48. The molecule has 10 nitrogen and oxygen atoms in total. The number of aliphatic hydroxyl groups excluding tert-OH is 1. The van der Waals surface area contributed by atoms with Gasteiger partial charge in [-0.3, -0.25) is 4.68 Å². The maximum atomic E-state index is 13.6. The number of aromatic nitrogens is 5. The lowest BCUT2D eigenvalue weighted by Gasteiger charge is -2.15. The van der Waals surface area contributed by atoms with Crippen molar-refractivity contribution in [2.75, 3.05) is 0 Å². The molecule has 0 aliphatic heterocycles. The van der Waals surface area contributed by atoms with Gasteiger partial charge in [0.15, 0.2) is 11.9 Å². The molecular weight excluding hydrogens is 578 g/mol. The zero-order valence-corrected chi connectivity index (χ0v) is 21.3. The Morgan fingerprint density at radius 2 is 1.89 bits per heavy atom. The fourth-order valence-corrected chi connectivity index (χ4v) is 3.69. The Bertz CT molecular complexity index is 1520. The molecular formula is C23H18BrF4N7O3. The largest absolute Gasteiger partial charge is 0.399 e.